The summed E-state index contributed by atoms with van der Waals surface area (Å²) in [7, 11) is 0. The van der Waals surface area contributed by atoms with Crippen LogP contribution in [0.5, 0.6) is 5.75 Å². The number of hydrogen-bond acceptors (Lipinski definition) is 2. The second-order valence-electron chi connectivity index (χ2n) is 3.70. The van der Waals surface area contributed by atoms with Crippen molar-refractivity contribution in [2.24, 2.45) is 0 Å². The highest BCUT2D eigenvalue weighted by molar-refractivity contribution is 9.10. The molecule has 0 bridgehead atoms. The average molecular weight is 286 g/mol. The number of amides is 1. The van der Waals surface area contributed by atoms with Crippen LogP contribution >= 0.6 is 15.9 Å². The maximum absolute atomic E-state index is 11.9. The normalized spacial score (nSPS) is 10.3. The Hall–Kier alpha value is -1.03. The molecule has 0 saturated carbocycles. The van der Waals surface area contributed by atoms with Gasteiger partial charge in [0.1, 0.15) is 5.75 Å². The Bertz CT molecular complexity index is 377. The van der Waals surface area contributed by atoms with Gasteiger partial charge in [-0.2, -0.15) is 0 Å². The summed E-state index contributed by atoms with van der Waals surface area (Å²) in [5.41, 5.74) is 0.568. The van der Waals surface area contributed by atoms with E-state index < -0.39 is 0 Å². The van der Waals surface area contributed by atoms with Crippen molar-refractivity contribution in [3.63, 3.8) is 0 Å². The topological polar surface area (TPSA) is 38.3 Å². The Morgan fingerprint density at radius 2 is 2.19 bits per heavy atom. The smallest absolute Gasteiger partial charge is 0.255 e. The fraction of sp³-hybridized carbons (Fsp3) is 0.417. The monoisotopic (exact) mass is 285 g/mol. The standard InChI is InChI=1S/C12H16BrNO2/c1-4-16-11-7-9(13)5-6-10(11)12(15)14-8(2)3/h5-8H,4H2,1-3H3,(H,14,15). The minimum atomic E-state index is -0.106. The summed E-state index contributed by atoms with van der Waals surface area (Å²) in [6, 6.07) is 5.51. The lowest BCUT2D eigenvalue weighted by molar-refractivity contribution is 0.0939. The maximum Gasteiger partial charge on any atom is 0.255 e. The third-order valence-corrected chi connectivity index (χ3v) is 2.40. The van der Waals surface area contributed by atoms with E-state index in [1.807, 2.05) is 26.8 Å². The predicted molar refractivity (Wildman–Crippen MR) is 67.9 cm³/mol. The second kappa shape index (κ2) is 5.89. The molecule has 1 rings (SSSR count). The first-order chi connectivity index (χ1) is 7.54. The maximum atomic E-state index is 11.9. The van der Waals surface area contributed by atoms with Gasteiger partial charge in [-0.15, -0.1) is 0 Å². The summed E-state index contributed by atoms with van der Waals surface area (Å²) in [4.78, 5) is 11.9. The van der Waals surface area contributed by atoms with Crippen LogP contribution in [0.25, 0.3) is 0 Å². The molecule has 0 fully saturated rings. The number of hydrogen-bond donors (Lipinski definition) is 1. The molecule has 0 heterocycles. The van der Waals surface area contributed by atoms with Crippen LogP contribution in [0.4, 0.5) is 0 Å². The number of nitrogens with one attached hydrogen (secondary N) is 1. The number of carbonyl (C=O) groups is 1. The van der Waals surface area contributed by atoms with Crippen molar-refractivity contribution in [3.8, 4) is 5.75 Å². The lowest BCUT2D eigenvalue weighted by atomic mass is 10.2. The third-order valence-electron chi connectivity index (χ3n) is 1.91. The van der Waals surface area contributed by atoms with Crippen molar-refractivity contribution >= 4 is 21.8 Å². The van der Waals surface area contributed by atoms with Gasteiger partial charge in [0.25, 0.3) is 5.91 Å². The number of ether oxygens (including phenoxy) is 1. The van der Waals surface area contributed by atoms with Gasteiger partial charge in [-0.25, -0.2) is 0 Å². The second-order valence-corrected chi connectivity index (χ2v) is 4.62. The lowest BCUT2D eigenvalue weighted by Gasteiger charge is -2.12. The molecule has 0 aromatic heterocycles. The Morgan fingerprint density at radius 1 is 1.50 bits per heavy atom. The van der Waals surface area contributed by atoms with Crippen LogP contribution < -0.4 is 10.1 Å². The van der Waals surface area contributed by atoms with Gasteiger partial charge in [-0.05, 0) is 39.0 Å². The van der Waals surface area contributed by atoms with Crippen molar-refractivity contribution in [2.45, 2.75) is 26.8 Å². The van der Waals surface area contributed by atoms with Gasteiger partial charge in [0.05, 0.1) is 12.2 Å². The van der Waals surface area contributed by atoms with Crippen molar-refractivity contribution in [2.75, 3.05) is 6.61 Å². The van der Waals surface area contributed by atoms with Crippen LogP contribution in [-0.4, -0.2) is 18.6 Å². The summed E-state index contributed by atoms with van der Waals surface area (Å²) in [5, 5.41) is 2.84. The highest BCUT2D eigenvalue weighted by Gasteiger charge is 2.13. The van der Waals surface area contributed by atoms with Gasteiger partial charge >= 0.3 is 0 Å². The van der Waals surface area contributed by atoms with Crippen LogP contribution in [0.1, 0.15) is 31.1 Å². The van der Waals surface area contributed by atoms with Gasteiger partial charge in [-0.1, -0.05) is 15.9 Å². The molecule has 0 aliphatic rings. The van der Waals surface area contributed by atoms with Crippen LogP contribution in [-0.2, 0) is 0 Å². The van der Waals surface area contributed by atoms with Gasteiger partial charge in [0.15, 0.2) is 0 Å². The molecule has 0 spiro atoms. The van der Waals surface area contributed by atoms with E-state index in [0.717, 1.165) is 4.47 Å². The van der Waals surface area contributed by atoms with Crippen LogP contribution in [0.2, 0.25) is 0 Å². The zero-order chi connectivity index (χ0) is 12.1. The molecule has 0 radical (unpaired) electrons. The number of carbonyl (C=O) groups excluding carboxylic acids is 1. The van der Waals surface area contributed by atoms with E-state index in [2.05, 4.69) is 21.2 Å². The number of benzene rings is 1. The first-order valence-electron chi connectivity index (χ1n) is 5.27. The largest absolute Gasteiger partial charge is 0.493 e. The summed E-state index contributed by atoms with van der Waals surface area (Å²) in [6.07, 6.45) is 0. The van der Waals surface area contributed by atoms with Crippen LogP contribution in [0.3, 0.4) is 0 Å². The van der Waals surface area contributed by atoms with Crippen molar-refractivity contribution in [1.82, 2.24) is 5.32 Å². The molecular weight excluding hydrogens is 270 g/mol. The van der Waals surface area contributed by atoms with E-state index in [-0.39, 0.29) is 11.9 Å². The summed E-state index contributed by atoms with van der Waals surface area (Å²) in [6.45, 7) is 6.29. The molecule has 16 heavy (non-hydrogen) atoms. The van der Waals surface area contributed by atoms with Gasteiger partial charge < -0.3 is 10.1 Å². The van der Waals surface area contributed by atoms with E-state index in [4.69, 9.17) is 4.74 Å². The first-order valence-corrected chi connectivity index (χ1v) is 6.07. The minimum Gasteiger partial charge on any atom is -0.493 e. The quantitative estimate of drug-likeness (QED) is 0.924. The van der Waals surface area contributed by atoms with Crippen LogP contribution in [0, 0.1) is 0 Å². The molecule has 0 aliphatic heterocycles. The average Bonchev–Trinajstić information content (AvgIpc) is 2.17. The Morgan fingerprint density at radius 3 is 2.75 bits per heavy atom. The van der Waals surface area contributed by atoms with Crippen molar-refractivity contribution in [3.05, 3.63) is 28.2 Å². The molecule has 1 N–H and O–H groups in total. The van der Waals surface area contributed by atoms with Gasteiger partial charge in [0.2, 0.25) is 0 Å². The number of halogens is 1. The van der Waals surface area contributed by atoms with Crippen LogP contribution in [0.15, 0.2) is 22.7 Å². The molecule has 0 unspecified atom stereocenters. The van der Waals surface area contributed by atoms with E-state index in [9.17, 15) is 4.79 Å². The summed E-state index contributed by atoms with van der Waals surface area (Å²) >= 11 is 3.35. The molecule has 0 aliphatic carbocycles. The van der Waals surface area contributed by atoms with Crippen molar-refractivity contribution in [1.29, 1.82) is 0 Å². The van der Waals surface area contributed by atoms with Gasteiger partial charge in [-0.3, -0.25) is 4.79 Å². The van der Waals surface area contributed by atoms with E-state index in [1.54, 1.807) is 12.1 Å². The molecule has 3 nitrogen and oxygen atoms in total. The summed E-state index contributed by atoms with van der Waals surface area (Å²) < 4.78 is 6.33. The van der Waals surface area contributed by atoms with Gasteiger partial charge in [0, 0.05) is 10.5 Å². The Balaban J connectivity index is 2.97. The Labute approximate surface area is 104 Å². The fourth-order valence-electron chi connectivity index (χ4n) is 1.30. The van der Waals surface area contributed by atoms with E-state index >= 15 is 0 Å². The third kappa shape index (κ3) is 3.52. The molecule has 1 amide bonds. The van der Waals surface area contributed by atoms with Crippen molar-refractivity contribution < 1.29 is 9.53 Å². The summed E-state index contributed by atoms with van der Waals surface area (Å²) in [5.74, 6) is 0.501. The first kappa shape index (κ1) is 13.0. The minimum absolute atomic E-state index is 0.106. The Kier molecular flexibility index (Phi) is 4.80. The molecule has 1 aromatic rings. The van der Waals surface area contributed by atoms with E-state index in [1.165, 1.54) is 0 Å². The zero-order valence-electron chi connectivity index (χ0n) is 9.71. The fourth-order valence-corrected chi connectivity index (χ4v) is 1.64. The molecule has 4 heteroatoms. The highest BCUT2D eigenvalue weighted by atomic mass is 79.9. The lowest BCUT2D eigenvalue weighted by Crippen LogP contribution is -2.30. The molecule has 0 saturated heterocycles. The zero-order valence-corrected chi connectivity index (χ0v) is 11.3. The number of rotatable bonds is 4. The predicted octanol–water partition coefficient (Wildman–Crippen LogP) is 2.99. The SMILES string of the molecule is CCOc1cc(Br)ccc1C(=O)NC(C)C. The molecule has 88 valence electrons. The molecule has 0 atom stereocenters. The highest BCUT2D eigenvalue weighted by Crippen LogP contribution is 2.23. The van der Waals surface area contributed by atoms with E-state index in [0.29, 0.717) is 17.9 Å². The molecular formula is C12H16BrNO2. The molecule has 1 aromatic carbocycles.